The molecule has 1 aromatic heterocycles. The SMILES string of the molecule is COc1ccc(CCNc2ncc(C(=O)Nc3ccccc3F)cn2)cc1. The predicted octanol–water partition coefficient (Wildman–Crippen LogP) is 3.53. The van der Waals surface area contributed by atoms with Crippen LogP contribution >= 0.6 is 0 Å². The molecule has 0 unspecified atom stereocenters. The van der Waals surface area contributed by atoms with Crippen molar-refractivity contribution in [2.45, 2.75) is 6.42 Å². The average Bonchev–Trinajstić information content (AvgIpc) is 2.71. The summed E-state index contributed by atoms with van der Waals surface area (Å²) in [7, 11) is 1.63. The Morgan fingerprint density at radius 3 is 2.44 bits per heavy atom. The van der Waals surface area contributed by atoms with E-state index in [2.05, 4.69) is 20.6 Å². The number of halogens is 1. The highest BCUT2D eigenvalue weighted by molar-refractivity contribution is 6.03. The quantitative estimate of drug-likeness (QED) is 0.669. The van der Waals surface area contributed by atoms with Crippen molar-refractivity contribution >= 4 is 17.5 Å². The minimum absolute atomic E-state index is 0.115. The van der Waals surface area contributed by atoms with E-state index >= 15 is 0 Å². The molecule has 0 saturated heterocycles. The van der Waals surface area contributed by atoms with Crippen molar-refractivity contribution in [3.63, 3.8) is 0 Å². The standard InChI is InChI=1S/C20H19FN4O2/c1-27-16-8-6-14(7-9-16)10-11-22-20-23-12-15(13-24-20)19(26)25-18-5-3-2-4-17(18)21/h2-9,12-13H,10-11H2,1H3,(H,25,26)(H,22,23,24). The van der Waals surface area contributed by atoms with Gasteiger partial charge in [0.1, 0.15) is 11.6 Å². The third-order valence-electron chi connectivity index (χ3n) is 3.89. The highest BCUT2D eigenvalue weighted by atomic mass is 19.1. The monoisotopic (exact) mass is 366 g/mol. The van der Waals surface area contributed by atoms with Crippen molar-refractivity contribution in [1.82, 2.24) is 9.97 Å². The number of benzene rings is 2. The molecule has 0 atom stereocenters. The van der Waals surface area contributed by atoms with E-state index in [0.717, 1.165) is 17.7 Å². The Morgan fingerprint density at radius 1 is 1.07 bits per heavy atom. The fourth-order valence-electron chi connectivity index (χ4n) is 2.40. The Hall–Kier alpha value is -3.48. The van der Waals surface area contributed by atoms with E-state index in [1.165, 1.54) is 24.5 Å². The number of para-hydroxylation sites is 1. The largest absolute Gasteiger partial charge is 0.497 e. The first-order valence-electron chi connectivity index (χ1n) is 8.40. The number of carbonyl (C=O) groups excluding carboxylic acids is 1. The van der Waals surface area contributed by atoms with Crippen LogP contribution in [0.25, 0.3) is 0 Å². The molecule has 3 aromatic rings. The second-order valence-corrected chi connectivity index (χ2v) is 5.75. The van der Waals surface area contributed by atoms with Gasteiger partial charge in [-0.1, -0.05) is 24.3 Å². The molecule has 27 heavy (non-hydrogen) atoms. The van der Waals surface area contributed by atoms with E-state index in [9.17, 15) is 9.18 Å². The molecule has 0 aliphatic heterocycles. The van der Waals surface area contributed by atoms with Crippen molar-refractivity contribution < 1.29 is 13.9 Å². The summed E-state index contributed by atoms with van der Waals surface area (Å²) in [6, 6.07) is 13.8. The van der Waals surface area contributed by atoms with Crippen LogP contribution in [0.15, 0.2) is 60.9 Å². The first-order valence-corrected chi connectivity index (χ1v) is 8.40. The lowest BCUT2D eigenvalue weighted by Crippen LogP contribution is -2.14. The summed E-state index contributed by atoms with van der Waals surface area (Å²) in [6.45, 7) is 0.646. The van der Waals surface area contributed by atoms with Crippen LogP contribution in [0.4, 0.5) is 16.0 Å². The van der Waals surface area contributed by atoms with Crippen LogP contribution < -0.4 is 15.4 Å². The summed E-state index contributed by atoms with van der Waals surface area (Å²) < 4.78 is 18.7. The van der Waals surface area contributed by atoms with E-state index in [1.807, 2.05) is 24.3 Å². The van der Waals surface area contributed by atoms with Crippen molar-refractivity contribution in [2.24, 2.45) is 0 Å². The minimum Gasteiger partial charge on any atom is -0.497 e. The summed E-state index contributed by atoms with van der Waals surface area (Å²) in [6.07, 6.45) is 3.60. The number of aromatic nitrogens is 2. The third kappa shape index (κ3) is 5.01. The molecule has 0 radical (unpaired) electrons. The molecule has 2 aromatic carbocycles. The predicted molar refractivity (Wildman–Crippen MR) is 102 cm³/mol. The van der Waals surface area contributed by atoms with Crippen LogP contribution in [0.5, 0.6) is 5.75 Å². The molecule has 0 aliphatic carbocycles. The summed E-state index contributed by atoms with van der Waals surface area (Å²) in [4.78, 5) is 20.4. The van der Waals surface area contributed by atoms with Crippen molar-refractivity contribution in [2.75, 3.05) is 24.3 Å². The number of methoxy groups -OCH3 is 1. The zero-order valence-electron chi connectivity index (χ0n) is 14.8. The van der Waals surface area contributed by atoms with E-state index in [4.69, 9.17) is 4.74 Å². The van der Waals surface area contributed by atoms with Gasteiger partial charge in [-0.2, -0.15) is 0 Å². The van der Waals surface area contributed by atoms with Gasteiger partial charge in [-0.3, -0.25) is 4.79 Å². The summed E-state index contributed by atoms with van der Waals surface area (Å²) in [5, 5.41) is 5.60. The van der Waals surface area contributed by atoms with Gasteiger partial charge in [-0.05, 0) is 36.2 Å². The number of anilines is 2. The van der Waals surface area contributed by atoms with Gasteiger partial charge in [0.15, 0.2) is 0 Å². The number of ether oxygens (including phenoxy) is 1. The number of nitrogens with one attached hydrogen (secondary N) is 2. The second-order valence-electron chi connectivity index (χ2n) is 5.75. The molecule has 0 fully saturated rings. The van der Waals surface area contributed by atoms with Crippen LogP contribution in [0.2, 0.25) is 0 Å². The van der Waals surface area contributed by atoms with Gasteiger partial charge in [-0.25, -0.2) is 14.4 Å². The molecule has 7 heteroatoms. The summed E-state index contributed by atoms with van der Waals surface area (Å²) >= 11 is 0. The molecular formula is C20H19FN4O2. The normalized spacial score (nSPS) is 10.3. The molecule has 0 bridgehead atoms. The van der Waals surface area contributed by atoms with Crippen LogP contribution in [-0.2, 0) is 6.42 Å². The van der Waals surface area contributed by atoms with Gasteiger partial charge >= 0.3 is 0 Å². The Labute approximate surface area is 156 Å². The lowest BCUT2D eigenvalue weighted by Gasteiger charge is -2.08. The van der Waals surface area contributed by atoms with Crippen LogP contribution in [0.3, 0.4) is 0 Å². The number of hydrogen-bond donors (Lipinski definition) is 2. The van der Waals surface area contributed by atoms with Crippen molar-refractivity contribution in [1.29, 1.82) is 0 Å². The number of hydrogen-bond acceptors (Lipinski definition) is 5. The van der Waals surface area contributed by atoms with Crippen molar-refractivity contribution in [3.8, 4) is 5.75 Å². The van der Waals surface area contributed by atoms with E-state index < -0.39 is 11.7 Å². The molecule has 3 rings (SSSR count). The zero-order chi connectivity index (χ0) is 19.1. The molecule has 0 saturated carbocycles. The lowest BCUT2D eigenvalue weighted by molar-refractivity contribution is 0.102. The van der Waals surface area contributed by atoms with E-state index in [-0.39, 0.29) is 11.3 Å². The molecule has 0 spiro atoms. The highest BCUT2D eigenvalue weighted by Gasteiger charge is 2.10. The molecular weight excluding hydrogens is 347 g/mol. The molecule has 138 valence electrons. The van der Waals surface area contributed by atoms with E-state index in [0.29, 0.717) is 12.5 Å². The molecule has 0 aliphatic rings. The Bertz CT molecular complexity index is 899. The number of amides is 1. The van der Waals surface area contributed by atoms with Crippen LogP contribution in [0.1, 0.15) is 15.9 Å². The summed E-state index contributed by atoms with van der Waals surface area (Å²) in [5.74, 6) is 0.277. The van der Waals surface area contributed by atoms with Gasteiger partial charge in [0.25, 0.3) is 5.91 Å². The van der Waals surface area contributed by atoms with E-state index in [1.54, 1.807) is 19.2 Å². The average molecular weight is 366 g/mol. The third-order valence-corrected chi connectivity index (χ3v) is 3.89. The second kappa shape index (κ2) is 8.75. The van der Waals surface area contributed by atoms with Gasteiger partial charge in [0.05, 0.1) is 18.4 Å². The summed E-state index contributed by atoms with van der Waals surface area (Å²) in [5.41, 5.74) is 1.52. The van der Waals surface area contributed by atoms with Gasteiger partial charge < -0.3 is 15.4 Å². The number of carbonyl (C=O) groups is 1. The Morgan fingerprint density at radius 2 is 1.78 bits per heavy atom. The molecule has 1 heterocycles. The topological polar surface area (TPSA) is 76.1 Å². The smallest absolute Gasteiger partial charge is 0.258 e. The number of nitrogens with zero attached hydrogens (tertiary/aromatic N) is 2. The molecule has 6 nitrogen and oxygen atoms in total. The zero-order valence-corrected chi connectivity index (χ0v) is 14.8. The fraction of sp³-hybridized carbons (Fsp3) is 0.150. The minimum atomic E-state index is -0.497. The Balaban J connectivity index is 1.52. The molecule has 1 amide bonds. The first kappa shape index (κ1) is 18.3. The molecule has 2 N–H and O–H groups in total. The van der Waals surface area contributed by atoms with Gasteiger partial charge in [0.2, 0.25) is 5.95 Å². The maximum Gasteiger partial charge on any atom is 0.258 e. The number of rotatable bonds is 7. The van der Waals surface area contributed by atoms with Gasteiger partial charge in [-0.15, -0.1) is 0 Å². The lowest BCUT2D eigenvalue weighted by atomic mass is 10.1. The Kier molecular flexibility index (Phi) is 5.94. The fourth-order valence-corrected chi connectivity index (χ4v) is 2.40. The highest BCUT2D eigenvalue weighted by Crippen LogP contribution is 2.14. The first-order chi connectivity index (χ1) is 13.2. The van der Waals surface area contributed by atoms with Crippen molar-refractivity contribution in [3.05, 3.63) is 77.9 Å². The maximum atomic E-state index is 13.6. The van der Waals surface area contributed by atoms with Gasteiger partial charge in [0, 0.05) is 18.9 Å². The van der Waals surface area contributed by atoms with Crippen LogP contribution in [-0.4, -0.2) is 29.5 Å². The maximum absolute atomic E-state index is 13.6. The van der Waals surface area contributed by atoms with Crippen LogP contribution in [0, 0.1) is 5.82 Å².